The largest absolute Gasteiger partial charge is 0.606 e. The predicted molar refractivity (Wildman–Crippen MR) is 89.6 cm³/mol. The molecule has 0 spiro atoms. The van der Waals surface area contributed by atoms with Crippen LogP contribution in [0.2, 0.25) is 5.02 Å². The van der Waals surface area contributed by atoms with Crippen LogP contribution in [0.3, 0.4) is 0 Å². The molecule has 0 aliphatic carbocycles. The Kier molecular flexibility index (Phi) is 5.47. The van der Waals surface area contributed by atoms with E-state index in [2.05, 4.69) is 5.32 Å². The molecule has 116 valence electrons. The van der Waals surface area contributed by atoms with Gasteiger partial charge in [0.15, 0.2) is 9.79 Å². The van der Waals surface area contributed by atoms with E-state index in [9.17, 15) is 9.35 Å². The Labute approximate surface area is 137 Å². The van der Waals surface area contributed by atoms with Gasteiger partial charge in [0.2, 0.25) is 5.91 Å². The predicted octanol–water partition coefficient (Wildman–Crippen LogP) is 3.10. The van der Waals surface area contributed by atoms with Crippen LogP contribution >= 0.6 is 11.6 Å². The molecule has 2 aromatic rings. The average Bonchev–Trinajstić information content (AvgIpc) is 2.46. The first kappa shape index (κ1) is 16.8. The molecule has 0 heterocycles. The minimum absolute atomic E-state index is 0.286. The molecule has 2 atom stereocenters. The SMILES string of the molecule is Cc1cc(Cl)ccc1[S+]([O-])c1cccc(NC(=O)C(C)N)c1. The van der Waals surface area contributed by atoms with E-state index < -0.39 is 17.2 Å². The fraction of sp³-hybridized carbons (Fsp3) is 0.188. The minimum atomic E-state index is -1.34. The zero-order chi connectivity index (χ0) is 16.3. The number of nitrogens with two attached hydrogens (primary N) is 1. The third-order valence-electron chi connectivity index (χ3n) is 3.07. The number of rotatable bonds is 4. The lowest BCUT2D eigenvalue weighted by Crippen LogP contribution is -2.32. The first-order chi connectivity index (χ1) is 10.4. The van der Waals surface area contributed by atoms with Crippen molar-refractivity contribution in [1.82, 2.24) is 0 Å². The number of anilines is 1. The van der Waals surface area contributed by atoms with Gasteiger partial charge in [0.05, 0.1) is 6.04 Å². The normalized spacial score (nSPS) is 13.5. The Balaban J connectivity index is 2.26. The summed E-state index contributed by atoms with van der Waals surface area (Å²) in [6.07, 6.45) is 0. The van der Waals surface area contributed by atoms with Crippen LogP contribution < -0.4 is 11.1 Å². The van der Waals surface area contributed by atoms with Crippen molar-refractivity contribution in [3.05, 3.63) is 53.1 Å². The van der Waals surface area contributed by atoms with Crippen LogP contribution in [0.1, 0.15) is 12.5 Å². The molecule has 0 radical (unpaired) electrons. The van der Waals surface area contributed by atoms with Crippen molar-refractivity contribution in [2.24, 2.45) is 5.73 Å². The molecular formula is C16H17ClN2O2S. The highest BCUT2D eigenvalue weighted by molar-refractivity contribution is 7.91. The Morgan fingerprint density at radius 2 is 2.05 bits per heavy atom. The molecule has 0 saturated carbocycles. The number of carbonyl (C=O) groups is 1. The van der Waals surface area contributed by atoms with Crippen LogP contribution in [0, 0.1) is 6.92 Å². The van der Waals surface area contributed by atoms with E-state index in [1.54, 1.807) is 49.4 Å². The highest BCUT2D eigenvalue weighted by atomic mass is 35.5. The lowest BCUT2D eigenvalue weighted by Gasteiger charge is -2.14. The Morgan fingerprint density at radius 1 is 1.32 bits per heavy atom. The quantitative estimate of drug-likeness (QED) is 0.842. The van der Waals surface area contributed by atoms with Gasteiger partial charge in [-0.3, -0.25) is 4.79 Å². The smallest absolute Gasteiger partial charge is 0.241 e. The van der Waals surface area contributed by atoms with E-state index in [0.717, 1.165) is 5.56 Å². The highest BCUT2D eigenvalue weighted by Crippen LogP contribution is 2.27. The van der Waals surface area contributed by atoms with Gasteiger partial charge < -0.3 is 15.6 Å². The van der Waals surface area contributed by atoms with Crippen molar-refractivity contribution >= 4 is 34.4 Å². The average molecular weight is 337 g/mol. The van der Waals surface area contributed by atoms with Crippen molar-refractivity contribution in [3.63, 3.8) is 0 Å². The summed E-state index contributed by atoms with van der Waals surface area (Å²) in [6, 6.07) is 11.6. The van der Waals surface area contributed by atoms with Crippen LogP contribution in [-0.4, -0.2) is 16.5 Å². The van der Waals surface area contributed by atoms with E-state index in [1.165, 1.54) is 0 Å². The lowest BCUT2D eigenvalue weighted by atomic mass is 10.2. The van der Waals surface area contributed by atoms with Gasteiger partial charge >= 0.3 is 0 Å². The Morgan fingerprint density at radius 3 is 2.68 bits per heavy atom. The maximum absolute atomic E-state index is 12.7. The molecule has 2 unspecified atom stereocenters. The summed E-state index contributed by atoms with van der Waals surface area (Å²) in [5, 5.41) is 3.30. The number of halogens is 1. The van der Waals surface area contributed by atoms with Gasteiger partial charge in [-0.25, -0.2) is 0 Å². The number of nitrogens with one attached hydrogen (secondary N) is 1. The molecule has 0 aliphatic rings. The molecule has 2 aromatic carbocycles. The van der Waals surface area contributed by atoms with Gasteiger partial charge in [0.1, 0.15) is 0 Å². The first-order valence-electron chi connectivity index (χ1n) is 6.73. The van der Waals surface area contributed by atoms with Gasteiger partial charge in [0, 0.05) is 33.5 Å². The summed E-state index contributed by atoms with van der Waals surface area (Å²) < 4.78 is 12.7. The second kappa shape index (κ2) is 7.15. The van der Waals surface area contributed by atoms with Crippen molar-refractivity contribution < 1.29 is 9.35 Å². The zero-order valence-corrected chi connectivity index (χ0v) is 13.9. The summed E-state index contributed by atoms with van der Waals surface area (Å²) in [6.45, 7) is 3.47. The van der Waals surface area contributed by atoms with Crippen LogP contribution in [0.15, 0.2) is 52.3 Å². The van der Waals surface area contributed by atoms with E-state index in [4.69, 9.17) is 17.3 Å². The van der Waals surface area contributed by atoms with Crippen LogP contribution in [0.5, 0.6) is 0 Å². The summed E-state index contributed by atoms with van der Waals surface area (Å²) >= 11 is 4.58. The molecular weight excluding hydrogens is 320 g/mol. The van der Waals surface area contributed by atoms with Gasteiger partial charge in [-0.15, -0.1) is 0 Å². The van der Waals surface area contributed by atoms with Gasteiger partial charge in [-0.2, -0.15) is 0 Å². The van der Waals surface area contributed by atoms with E-state index >= 15 is 0 Å². The maximum Gasteiger partial charge on any atom is 0.241 e. The Bertz CT molecular complexity index is 692. The molecule has 2 rings (SSSR count). The highest BCUT2D eigenvalue weighted by Gasteiger charge is 2.18. The zero-order valence-electron chi connectivity index (χ0n) is 12.3. The minimum Gasteiger partial charge on any atom is -0.606 e. The fourth-order valence-corrected chi connectivity index (χ4v) is 3.35. The van der Waals surface area contributed by atoms with Crippen LogP contribution in [0.4, 0.5) is 5.69 Å². The third kappa shape index (κ3) is 4.01. The van der Waals surface area contributed by atoms with Crippen LogP contribution in [0.25, 0.3) is 0 Å². The number of carbonyl (C=O) groups excluding carboxylic acids is 1. The molecule has 6 heteroatoms. The van der Waals surface area contributed by atoms with E-state index in [-0.39, 0.29) is 5.91 Å². The lowest BCUT2D eigenvalue weighted by molar-refractivity contribution is -0.117. The topological polar surface area (TPSA) is 78.2 Å². The summed E-state index contributed by atoms with van der Waals surface area (Å²) in [4.78, 5) is 12.9. The second-order valence-electron chi connectivity index (χ2n) is 4.98. The third-order valence-corrected chi connectivity index (χ3v) is 4.84. The molecule has 1 amide bonds. The molecule has 4 nitrogen and oxygen atoms in total. The molecule has 0 saturated heterocycles. The van der Waals surface area contributed by atoms with E-state index in [1.807, 2.05) is 6.92 Å². The van der Waals surface area contributed by atoms with Gasteiger partial charge in [0.25, 0.3) is 0 Å². The molecule has 0 aliphatic heterocycles. The molecule has 0 aromatic heterocycles. The standard InChI is InChI=1S/C16H17ClN2O2S/c1-10-8-12(17)6-7-15(10)22(21)14-5-3-4-13(9-14)19-16(20)11(2)18/h3-9,11H,18H2,1-2H3,(H,19,20). The van der Waals surface area contributed by atoms with Gasteiger partial charge in [-0.1, -0.05) is 17.7 Å². The summed E-state index contributed by atoms with van der Waals surface area (Å²) in [5.74, 6) is -0.286. The number of benzene rings is 2. The van der Waals surface area contributed by atoms with Crippen molar-refractivity contribution in [2.45, 2.75) is 29.7 Å². The van der Waals surface area contributed by atoms with Crippen molar-refractivity contribution in [3.8, 4) is 0 Å². The number of amides is 1. The molecule has 0 bridgehead atoms. The van der Waals surface area contributed by atoms with Crippen LogP contribution in [-0.2, 0) is 16.0 Å². The monoisotopic (exact) mass is 336 g/mol. The van der Waals surface area contributed by atoms with Gasteiger partial charge in [-0.05, 0) is 44.2 Å². The second-order valence-corrected chi connectivity index (χ2v) is 6.87. The molecule has 0 fully saturated rings. The summed E-state index contributed by atoms with van der Waals surface area (Å²) in [7, 11) is 0. The van der Waals surface area contributed by atoms with Crippen molar-refractivity contribution in [1.29, 1.82) is 0 Å². The fourth-order valence-electron chi connectivity index (χ4n) is 1.89. The molecule has 22 heavy (non-hydrogen) atoms. The Hall–Kier alpha value is -1.53. The molecule has 3 N–H and O–H groups in total. The number of hydrogen-bond acceptors (Lipinski definition) is 3. The first-order valence-corrected chi connectivity index (χ1v) is 8.25. The van der Waals surface area contributed by atoms with E-state index in [0.29, 0.717) is 20.5 Å². The maximum atomic E-state index is 12.7. The van der Waals surface area contributed by atoms with Crippen molar-refractivity contribution in [2.75, 3.05) is 5.32 Å². The summed E-state index contributed by atoms with van der Waals surface area (Å²) in [5.41, 5.74) is 6.95. The number of hydrogen-bond donors (Lipinski definition) is 2. The number of aryl methyl sites for hydroxylation is 1.